The van der Waals surface area contributed by atoms with E-state index in [-0.39, 0.29) is 11.2 Å². The molecule has 0 aliphatic heterocycles. The van der Waals surface area contributed by atoms with Crippen LogP contribution in [-0.2, 0) is 9.53 Å². The third-order valence-electron chi connectivity index (χ3n) is 1.48. The summed E-state index contributed by atoms with van der Waals surface area (Å²) in [6.45, 7) is 4.19. The number of aromatic nitrogens is 2. The predicted octanol–water partition coefficient (Wildman–Crippen LogP) is 2.63. The smallest absolute Gasteiger partial charge is 0.306 e. The number of rotatable bonds is 5. The number of nitrogens with zero attached hydrogens (tertiary/aromatic N) is 1. The molecule has 0 aromatic carbocycles. The molecule has 1 rings (SSSR count). The monoisotopic (exact) mass is 264 g/mol. The molecule has 0 radical (unpaired) electrons. The summed E-state index contributed by atoms with van der Waals surface area (Å²) in [5.41, 5.74) is 0. The molecule has 1 atom stereocenters. The van der Waals surface area contributed by atoms with E-state index in [1.54, 1.807) is 6.92 Å². The number of ether oxygens (including phenoxy) is 1. The maximum atomic E-state index is 11.2. The van der Waals surface area contributed by atoms with Crippen LogP contribution in [0.15, 0.2) is 4.34 Å². The molecule has 1 aromatic rings. The summed E-state index contributed by atoms with van der Waals surface area (Å²) in [6, 6.07) is 0. The van der Waals surface area contributed by atoms with Crippen LogP contribution in [0.2, 0.25) is 0 Å². The first-order chi connectivity index (χ1) is 7.11. The second-order valence-corrected chi connectivity index (χ2v) is 6.17. The molecule has 1 heterocycles. The number of hydrogen-bond donors (Lipinski definition) is 1. The Labute approximate surface area is 101 Å². The molecule has 1 aromatic heterocycles. The van der Waals surface area contributed by atoms with Gasteiger partial charge < -0.3 is 4.74 Å². The van der Waals surface area contributed by atoms with E-state index in [0.717, 1.165) is 4.34 Å². The lowest BCUT2D eigenvalue weighted by Gasteiger charge is -2.07. The zero-order valence-electron chi connectivity index (χ0n) is 8.48. The van der Waals surface area contributed by atoms with Gasteiger partial charge in [0.2, 0.25) is 0 Å². The van der Waals surface area contributed by atoms with Crippen LogP contribution in [0.3, 0.4) is 0 Å². The third kappa shape index (κ3) is 4.76. The number of hydrogen-bond acceptors (Lipinski definition) is 6. The fourth-order valence-corrected chi connectivity index (χ4v) is 3.31. The summed E-state index contributed by atoms with van der Waals surface area (Å²) in [4.78, 5) is 11.2. The van der Waals surface area contributed by atoms with Crippen molar-refractivity contribution in [3.63, 3.8) is 0 Å². The molecule has 15 heavy (non-hydrogen) atoms. The Balaban J connectivity index is 2.39. The molecule has 0 saturated heterocycles. The van der Waals surface area contributed by atoms with Crippen molar-refractivity contribution in [1.29, 1.82) is 0 Å². The summed E-state index contributed by atoms with van der Waals surface area (Å²) in [5, 5.41) is 6.86. The summed E-state index contributed by atoms with van der Waals surface area (Å²) < 4.78 is 6.37. The van der Waals surface area contributed by atoms with Crippen LogP contribution in [0, 0.1) is 3.95 Å². The van der Waals surface area contributed by atoms with E-state index >= 15 is 0 Å². The van der Waals surface area contributed by atoms with Gasteiger partial charge in [-0.05, 0) is 19.1 Å². The largest absolute Gasteiger partial charge is 0.466 e. The molecular weight excluding hydrogens is 252 g/mol. The lowest BCUT2D eigenvalue weighted by atomic mass is 10.3. The van der Waals surface area contributed by atoms with Crippen LogP contribution in [0.5, 0.6) is 0 Å². The molecule has 0 spiro atoms. The van der Waals surface area contributed by atoms with Gasteiger partial charge in [-0.3, -0.25) is 9.89 Å². The molecule has 0 bridgehead atoms. The van der Waals surface area contributed by atoms with Crippen molar-refractivity contribution in [2.45, 2.75) is 29.9 Å². The Hall–Kier alpha value is -0.400. The van der Waals surface area contributed by atoms with E-state index in [0.29, 0.717) is 17.0 Å². The van der Waals surface area contributed by atoms with Gasteiger partial charge in [-0.25, -0.2) is 0 Å². The zero-order valence-corrected chi connectivity index (χ0v) is 10.9. The molecular formula is C8H12N2O2S3. The molecule has 1 unspecified atom stereocenters. The van der Waals surface area contributed by atoms with Gasteiger partial charge >= 0.3 is 5.97 Å². The first-order valence-corrected chi connectivity index (χ1v) is 6.60. The van der Waals surface area contributed by atoms with Gasteiger partial charge in [0, 0.05) is 5.25 Å². The van der Waals surface area contributed by atoms with E-state index in [9.17, 15) is 4.79 Å². The van der Waals surface area contributed by atoms with Crippen LogP contribution in [0.1, 0.15) is 20.3 Å². The summed E-state index contributed by atoms with van der Waals surface area (Å²) >= 11 is 7.85. The minimum Gasteiger partial charge on any atom is -0.466 e. The lowest BCUT2D eigenvalue weighted by Crippen LogP contribution is -2.10. The number of carbonyl (C=O) groups is 1. The summed E-state index contributed by atoms with van der Waals surface area (Å²) in [5.74, 6) is -0.170. The zero-order chi connectivity index (χ0) is 11.3. The third-order valence-corrected chi connectivity index (χ3v) is 3.76. The molecule has 84 valence electrons. The van der Waals surface area contributed by atoms with Gasteiger partial charge in [0.25, 0.3) is 0 Å². The summed E-state index contributed by atoms with van der Waals surface area (Å²) in [7, 11) is 0. The standard InChI is InChI=1S/C8H12N2O2S3/c1-3-12-6(11)4-5(2)14-8-10-9-7(13)15-8/h5H,3-4H2,1-2H3,(H,9,13). The van der Waals surface area contributed by atoms with E-state index in [1.165, 1.54) is 23.1 Å². The van der Waals surface area contributed by atoms with Crippen molar-refractivity contribution in [2.24, 2.45) is 0 Å². The fraction of sp³-hybridized carbons (Fsp3) is 0.625. The van der Waals surface area contributed by atoms with Crippen molar-refractivity contribution in [2.75, 3.05) is 6.61 Å². The van der Waals surface area contributed by atoms with Gasteiger partial charge in [0.1, 0.15) is 0 Å². The number of thioether (sulfide) groups is 1. The van der Waals surface area contributed by atoms with Crippen LogP contribution >= 0.6 is 35.3 Å². The molecule has 0 saturated carbocycles. The number of esters is 1. The van der Waals surface area contributed by atoms with Crippen LogP contribution < -0.4 is 0 Å². The van der Waals surface area contributed by atoms with Gasteiger partial charge in [0.05, 0.1) is 13.0 Å². The Bertz CT molecular complexity index is 374. The van der Waals surface area contributed by atoms with Crippen LogP contribution in [0.4, 0.5) is 0 Å². The normalized spacial score (nSPS) is 12.4. The Morgan fingerprint density at radius 3 is 3.07 bits per heavy atom. The average molecular weight is 264 g/mol. The van der Waals surface area contributed by atoms with Crippen LogP contribution in [0.25, 0.3) is 0 Å². The summed E-state index contributed by atoms with van der Waals surface area (Å²) in [6.07, 6.45) is 0.394. The number of carbonyl (C=O) groups excluding carboxylic acids is 1. The highest BCUT2D eigenvalue weighted by Gasteiger charge is 2.12. The molecule has 0 aliphatic carbocycles. The molecule has 0 fully saturated rings. The van der Waals surface area contributed by atoms with Gasteiger partial charge in [-0.15, -0.1) is 0 Å². The SMILES string of the molecule is CCOC(=O)CC(C)Sc1n[nH]c(=S)s1. The highest BCUT2D eigenvalue weighted by molar-refractivity contribution is 8.01. The second kappa shape index (κ2) is 6.24. The Morgan fingerprint density at radius 1 is 1.80 bits per heavy atom. The van der Waals surface area contributed by atoms with Crippen molar-refractivity contribution in [3.8, 4) is 0 Å². The highest BCUT2D eigenvalue weighted by Crippen LogP contribution is 2.26. The van der Waals surface area contributed by atoms with Gasteiger partial charge in [-0.1, -0.05) is 30.0 Å². The highest BCUT2D eigenvalue weighted by atomic mass is 32.2. The van der Waals surface area contributed by atoms with E-state index in [4.69, 9.17) is 17.0 Å². The van der Waals surface area contributed by atoms with E-state index in [2.05, 4.69) is 10.2 Å². The molecule has 0 amide bonds. The van der Waals surface area contributed by atoms with Crippen molar-refractivity contribution in [1.82, 2.24) is 10.2 Å². The predicted molar refractivity (Wildman–Crippen MR) is 63.9 cm³/mol. The number of H-pyrrole nitrogens is 1. The maximum absolute atomic E-state index is 11.2. The second-order valence-electron chi connectivity index (χ2n) is 2.82. The quantitative estimate of drug-likeness (QED) is 0.503. The van der Waals surface area contributed by atoms with Crippen LogP contribution in [-0.4, -0.2) is 28.0 Å². The van der Waals surface area contributed by atoms with E-state index in [1.807, 2.05) is 6.92 Å². The van der Waals surface area contributed by atoms with E-state index < -0.39 is 0 Å². The topological polar surface area (TPSA) is 55.0 Å². The van der Waals surface area contributed by atoms with Crippen molar-refractivity contribution in [3.05, 3.63) is 3.95 Å². The molecule has 7 heteroatoms. The maximum Gasteiger partial charge on any atom is 0.306 e. The van der Waals surface area contributed by atoms with Gasteiger partial charge in [-0.2, -0.15) is 5.10 Å². The molecule has 4 nitrogen and oxygen atoms in total. The first kappa shape index (κ1) is 12.7. The number of aromatic amines is 1. The minimum atomic E-state index is -0.170. The van der Waals surface area contributed by atoms with Crippen molar-refractivity contribution >= 4 is 41.3 Å². The first-order valence-electron chi connectivity index (χ1n) is 4.49. The Morgan fingerprint density at radius 2 is 2.53 bits per heavy atom. The van der Waals surface area contributed by atoms with Crippen molar-refractivity contribution < 1.29 is 9.53 Å². The minimum absolute atomic E-state index is 0.151. The lowest BCUT2D eigenvalue weighted by molar-refractivity contribution is -0.142. The molecule has 1 N–H and O–H groups in total. The Kier molecular flexibility index (Phi) is 5.27. The van der Waals surface area contributed by atoms with Gasteiger partial charge in [0.15, 0.2) is 8.29 Å². The fourth-order valence-electron chi connectivity index (χ4n) is 0.935. The molecule has 0 aliphatic rings. The number of nitrogens with one attached hydrogen (secondary N) is 1. The average Bonchev–Trinajstić information content (AvgIpc) is 2.51.